The third-order valence-electron chi connectivity index (χ3n) is 4.31. The van der Waals surface area contributed by atoms with Gasteiger partial charge < -0.3 is 10.3 Å². The van der Waals surface area contributed by atoms with Gasteiger partial charge in [-0.15, -0.1) is 16.7 Å². The number of fused-ring (bicyclic) bond motifs is 1. The maximum atomic E-state index is 9.12. The Balaban J connectivity index is 1.83. The van der Waals surface area contributed by atoms with Crippen molar-refractivity contribution in [1.82, 2.24) is 14.5 Å². The van der Waals surface area contributed by atoms with Crippen LogP contribution in [0.1, 0.15) is 43.4 Å². The van der Waals surface area contributed by atoms with Crippen molar-refractivity contribution in [2.75, 3.05) is 0 Å². The maximum absolute atomic E-state index is 9.12. The molecular formula is C21H23ClN8. The largest absolute Gasteiger partial charge is 0.382 e. The number of aromatic nitrogens is 3. The molecule has 2 heterocycles. The molecule has 0 amide bonds. The molecule has 0 spiro atoms. The van der Waals surface area contributed by atoms with Gasteiger partial charge in [0.15, 0.2) is 5.84 Å². The van der Waals surface area contributed by atoms with Crippen LogP contribution in [0.3, 0.4) is 0 Å². The summed E-state index contributed by atoms with van der Waals surface area (Å²) in [4.78, 5) is 8.43. The number of nitriles is 1. The van der Waals surface area contributed by atoms with Crippen molar-refractivity contribution in [3.63, 3.8) is 0 Å². The third kappa shape index (κ3) is 5.19. The van der Waals surface area contributed by atoms with Crippen LogP contribution in [0.15, 0.2) is 52.0 Å². The number of rotatable bonds is 6. The first-order valence-corrected chi connectivity index (χ1v) is 9.94. The Kier molecular flexibility index (Phi) is 6.43. The molecule has 154 valence electrons. The standard InChI is InChI=1S/C21H23ClN8/c1-21(2,3)13-30-17(8-16-11-25-18(10-23)27-20(16)30)12-26-29-28-19(24)15-6-4-14(9-22)5-7-15/h4-8,11H,9,12-13H2,1-3H3,(H2,24,26,28). The van der Waals surface area contributed by atoms with E-state index in [1.54, 1.807) is 6.20 Å². The summed E-state index contributed by atoms with van der Waals surface area (Å²) in [5.41, 5.74) is 9.37. The van der Waals surface area contributed by atoms with Gasteiger partial charge in [0, 0.05) is 35.3 Å². The van der Waals surface area contributed by atoms with Crippen LogP contribution >= 0.6 is 11.6 Å². The number of amidine groups is 1. The second-order valence-corrected chi connectivity index (χ2v) is 8.34. The van der Waals surface area contributed by atoms with E-state index in [1.165, 1.54) is 0 Å². The monoisotopic (exact) mass is 422 g/mol. The lowest BCUT2D eigenvalue weighted by atomic mass is 9.97. The molecule has 0 saturated carbocycles. The normalized spacial score (nSPS) is 12.6. The molecule has 0 fully saturated rings. The fraction of sp³-hybridized carbons (Fsp3) is 0.333. The molecule has 1 aromatic carbocycles. The van der Waals surface area contributed by atoms with Gasteiger partial charge in [-0.2, -0.15) is 10.4 Å². The van der Waals surface area contributed by atoms with Crippen molar-refractivity contribution in [2.24, 2.45) is 26.6 Å². The second-order valence-electron chi connectivity index (χ2n) is 8.07. The molecule has 0 aliphatic rings. The lowest BCUT2D eigenvalue weighted by Crippen LogP contribution is -2.17. The zero-order chi connectivity index (χ0) is 21.7. The molecule has 2 N–H and O–H groups in total. The quantitative estimate of drug-likeness (QED) is 0.208. The zero-order valence-corrected chi connectivity index (χ0v) is 17.9. The first-order chi connectivity index (χ1) is 14.3. The van der Waals surface area contributed by atoms with Gasteiger partial charge in [-0.1, -0.05) is 45.0 Å². The summed E-state index contributed by atoms with van der Waals surface area (Å²) in [5, 5.41) is 22.0. The van der Waals surface area contributed by atoms with E-state index >= 15 is 0 Å². The minimum atomic E-state index is 0.00732. The Hall–Kier alpha value is -3.31. The first kappa shape index (κ1) is 21.4. The van der Waals surface area contributed by atoms with Crippen molar-refractivity contribution in [3.05, 3.63) is 59.2 Å². The Bertz CT molecular complexity index is 1130. The van der Waals surface area contributed by atoms with Gasteiger partial charge in [-0.05, 0) is 22.3 Å². The highest BCUT2D eigenvalue weighted by Crippen LogP contribution is 2.24. The van der Waals surface area contributed by atoms with Gasteiger partial charge in [0.05, 0.1) is 0 Å². The molecule has 0 bridgehead atoms. The van der Waals surface area contributed by atoms with Gasteiger partial charge >= 0.3 is 0 Å². The van der Waals surface area contributed by atoms with Crippen LogP contribution in [-0.2, 0) is 19.0 Å². The number of halogens is 1. The Labute approximate surface area is 180 Å². The van der Waals surface area contributed by atoms with Crippen LogP contribution in [-0.4, -0.2) is 20.4 Å². The Morgan fingerprint density at radius 2 is 2.00 bits per heavy atom. The summed E-state index contributed by atoms with van der Waals surface area (Å²) < 4.78 is 2.05. The Morgan fingerprint density at radius 1 is 1.27 bits per heavy atom. The van der Waals surface area contributed by atoms with E-state index in [0.29, 0.717) is 24.6 Å². The number of hydrogen-bond acceptors (Lipinski definition) is 5. The summed E-state index contributed by atoms with van der Waals surface area (Å²) in [6.07, 6.45) is 1.65. The fourth-order valence-electron chi connectivity index (χ4n) is 2.94. The number of nitrogens with zero attached hydrogens (tertiary/aromatic N) is 7. The van der Waals surface area contributed by atoms with E-state index in [0.717, 1.165) is 22.2 Å². The third-order valence-corrected chi connectivity index (χ3v) is 4.61. The van der Waals surface area contributed by atoms with Crippen molar-refractivity contribution in [2.45, 2.75) is 39.7 Å². The second kappa shape index (κ2) is 9.01. The Morgan fingerprint density at radius 3 is 2.63 bits per heavy atom. The molecule has 0 saturated heterocycles. The maximum Gasteiger partial charge on any atom is 0.234 e. The highest BCUT2D eigenvalue weighted by Gasteiger charge is 2.18. The van der Waals surface area contributed by atoms with Gasteiger partial charge in [-0.3, -0.25) is 0 Å². The lowest BCUT2D eigenvalue weighted by molar-refractivity contribution is 0.343. The average Bonchev–Trinajstić information content (AvgIpc) is 3.06. The minimum absolute atomic E-state index is 0.00732. The van der Waals surface area contributed by atoms with Crippen LogP contribution < -0.4 is 5.73 Å². The van der Waals surface area contributed by atoms with Crippen LogP contribution in [0.2, 0.25) is 0 Å². The number of nitrogens with two attached hydrogens (primary N) is 1. The molecule has 3 aromatic rings. The van der Waals surface area contributed by atoms with Crippen molar-refractivity contribution >= 4 is 28.5 Å². The molecule has 3 rings (SSSR count). The van der Waals surface area contributed by atoms with E-state index < -0.39 is 0 Å². The molecule has 0 aliphatic heterocycles. The van der Waals surface area contributed by atoms with Gasteiger partial charge in [0.2, 0.25) is 5.82 Å². The number of alkyl halides is 1. The highest BCUT2D eigenvalue weighted by molar-refractivity contribution is 6.17. The summed E-state index contributed by atoms with van der Waals surface area (Å²) >= 11 is 5.80. The van der Waals surface area contributed by atoms with Crippen LogP contribution in [0.25, 0.3) is 11.0 Å². The van der Waals surface area contributed by atoms with E-state index in [1.807, 2.05) is 36.4 Å². The predicted molar refractivity (Wildman–Crippen MR) is 117 cm³/mol. The predicted octanol–water partition coefficient (Wildman–Crippen LogP) is 4.36. The van der Waals surface area contributed by atoms with E-state index in [-0.39, 0.29) is 17.1 Å². The summed E-state index contributed by atoms with van der Waals surface area (Å²) in [6, 6.07) is 11.4. The summed E-state index contributed by atoms with van der Waals surface area (Å²) in [7, 11) is 0. The molecule has 0 radical (unpaired) electrons. The van der Waals surface area contributed by atoms with Crippen molar-refractivity contribution in [3.8, 4) is 6.07 Å². The molecule has 2 aromatic heterocycles. The average molecular weight is 423 g/mol. The summed E-state index contributed by atoms with van der Waals surface area (Å²) in [6.45, 7) is 7.42. The molecule has 9 heteroatoms. The lowest BCUT2D eigenvalue weighted by Gasteiger charge is -2.21. The highest BCUT2D eigenvalue weighted by atomic mass is 35.5. The summed E-state index contributed by atoms with van der Waals surface area (Å²) in [5.74, 6) is 0.862. The van der Waals surface area contributed by atoms with Crippen molar-refractivity contribution in [1.29, 1.82) is 5.26 Å². The zero-order valence-electron chi connectivity index (χ0n) is 17.2. The SMILES string of the molecule is CC(C)(C)Cn1c(CN=NN=C(N)c2ccc(CCl)cc2)cc2cnc(C#N)nc21. The minimum Gasteiger partial charge on any atom is -0.382 e. The van der Waals surface area contributed by atoms with Gasteiger partial charge in [0.1, 0.15) is 18.3 Å². The van der Waals surface area contributed by atoms with E-state index in [9.17, 15) is 0 Å². The van der Waals surface area contributed by atoms with Crippen LogP contribution in [0.5, 0.6) is 0 Å². The molecule has 30 heavy (non-hydrogen) atoms. The fourth-order valence-corrected chi connectivity index (χ4v) is 3.11. The van der Waals surface area contributed by atoms with E-state index in [2.05, 4.69) is 50.7 Å². The van der Waals surface area contributed by atoms with Gasteiger partial charge in [0.25, 0.3) is 0 Å². The van der Waals surface area contributed by atoms with E-state index in [4.69, 9.17) is 22.6 Å². The molecule has 0 unspecified atom stereocenters. The topological polar surface area (TPSA) is 118 Å². The first-order valence-electron chi connectivity index (χ1n) is 9.41. The molecular weight excluding hydrogens is 400 g/mol. The van der Waals surface area contributed by atoms with Crippen molar-refractivity contribution < 1.29 is 0 Å². The molecule has 0 atom stereocenters. The molecule has 0 aliphatic carbocycles. The van der Waals surface area contributed by atoms with Crippen LogP contribution in [0.4, 0.5) is 0 Å². The number of benzene rings is 1. The van der Waals surface area contributed by atoms with Crippen LogP contribution in [0, 0.1) is 16.7 Å². The number of hydrogen-bond donors (Lipinski definition) is 1. The van der Waals surface area contributed by atoms with Gasteiger partial charge in [-0.25, -0.2) is 9.97 Å². The molecule has 8 nitrogen and oxygen atoms in total. The smallest absolute Gasteiger partial charge is 0.234 e.